The van der Waals surface area contributed by atoms with E-state index in [-0.39, 0.29) is 49.2 Å². The molecule has 0 aliphatic rings. The van der Waals surface area contributed by atoms with E-state index in [0.717, 1.165) is 73.9 Å². The minimum absolute atomic E-state index is 0.0795. The minimum Gasteiger partial charge on any atom is -0.421 e. The van der Waals surface area contributed by atoms with Crippen LogP contribution in [0, 0.1) is 41.8 Å². The lowest BCUT2D eigenvalue weighted by Gasteiger charge is -2.13. The summed E-state index contributed by atoms with van der Waals surface area (Å²) in [6.07, 6.45) is -13.0. The van der Waals surface area contributed by atoms with Gasteiger partial charge in [-0.15, -0.1) is 10.2 Å². The summed E-state index contributed by atoms with van der Waals surface area (Å²) in [6, 6.07) is 25.0. The number of para-hydroxylation sites is 3. The number of nitrogens with one attached hydrogen (secondary N) is 3. The quantitative estimate of drug-likeness (QED) is 0.0220. The van der Waals surface area contributed by atoms with E-state index in [1.54, 1.807) is 5.43 Å². The number of hydrazine groups is 2. The number of ether oxygens (including phenoxy) is 1. The summed E-state index contributed by atoms with van der Waals surface area (Å²) in [6.45, 7) is 4.88. The van der Waals surface area contributed by atoms with Gasteiger partial charge in [0, 0.05) is 27.7 Å². The number of nitrogens with zero attached hydrogens (tertiary/aromatic N) is 11. The van der Waals surface area contributed by atoms with Gasteiger partial charge >= 0.3 is 30.5 Å². The van der Waals surface area contributed by atoms with Gasteiger partial charge in [0.1, 0.15) is 85.7 Å². The predicted octanol–water partition coefficient (Wildman–Crippen LogP) is 16.3. The van der Waals surface area contributed by atoms with Crippen molar-refractivity contribution in [3.63, 3.8) is 0 Å². The van der Waals surface area contributed by atoms with Crippen molar-refractivity contribution >= 4 is 64.5 Å². The molecule has 0 radical (unpaired) electrons. The molecule has 13 aromatic rings. The molecule has 43 heteroatoms. The highest BCUT2D eigenvalue weighted by atomic mass is 35.5. The number of amides is 3. The lowest BCUT2D eigenvalue weighted by Crippen LogP contribution is -2.40. The van der Waals surface area contributed by atoms with Gasteiger partial charge in [-0.1, -0.05) is 105 Å². The zero-order chi connectivity index (χ0) is 80.9. The third-order valence-electron chi connectivity index (χ3n) is 14.7. The highest BCUT2D eigenvalue weighted by Gasteiger charge is 2.46. The molecular weight excluding hydrogens is 1580 g/mol. The molecule has 5 N–H and O–H groups in total. The fourth-order valence-electron chi connectivity index (χ4n) is 10.4. The van der Waals surface area contributed by atoms with Crippen LogP contribution in [0.1, 0.15) is 64.5 Å². The van der Waals surface area contributed by atoms with Crippen molar-refractivity contribution in [1.82, 2.24) is 71.3 Å². The maximum absolute atomic E-state index is 14.7. The minimum atomic E-state index is -5.12. The molecule has 7 heterocycles. The summed E-state index contributed by atoms with van der Waals surface area (Å²) in [4.78, 5) is 56.4. The number of rotatable bonds is 12. The van der Waals surface area contributed by atoms with Crippen LogP contribution >= 0.6 is 34.8 Å². The number of aromatic nitrogens is 11. The number of carbonyl (C=O) groups is 5. The van der Waals surface area contributed by atoms with E-state index in [0.29, 0.717) is 20.2 Å². The van der Waals surface area contributed by atoms with Crippen molar-refractivity contribution in [1.29, 1.82) is 0 Å². The number of alkyl halides is 9. The van der Waals surface area contributed by atoms with Gasteiger partial charge in [-0.05, 0) is 72.8 Å². The molecule has 0 fully saturated rings. The predicted molar refractivity (Wildman–Crippen MR) is 357 cm³/mol. The van der Waals surface area contributed by atoms with Crippen LogP contribution in [0.15, 0.2) is 164 Å². The van der Waals surface area contributed by atoms with E-state index in [2.05, 4.69) is 45.7 Å². The van der Waals surface area contributed by atoms with Gasteiger partial charge in [0.2, 0.25) is 11.8 Å². The third-order valence-corrected chi connectivity index (χ3v) is 15.7. The Labute approximate surface area is 624 Å². The molecule has 0 saturated carbocycles. The third kappa shape index (κ3) is 17.2. The number of aryl methyl sites for hydroxylation is 1. The van der Waals surface area contributed by atoms with Crippen molar-refractivity contribution in [3.05, 3.63) is 230 Å². The molecule has 6 aromatic carbocycles. The molecular formula is C68H41Cl3F15N15O10. The number of benzene rings is 6. The Bertz CT molecular complexity index is 5640. The lowest BCUT2D eigenvalue weighted by molar-refractivity contribution is -0.156. The maximum atomic E-state index is 14.7. The fourth-order valence-corrected chi connectivity index (χ4v) is 11.1. The van der Waals surface area contributed by atoms with Crippen LogP contribution < -0.4 is 22.1 Å². The molecule has 0 aliphatic carbocycles. The first-order valence-corrected chi connectivity index (χ1v) is 31.7. The van der Waals surface area contributed by atoms with Gasteiger partial charge < -0.3 is 22.7 Å². The number of hydrogen-bond acceptors (Lipinski definition) is 19. The van der Waals surface area contributed by atoms with Crippen molar-refractivity contribution < 1.29 is 113 Å². The Morgan fingerprint density at radius 2 is 0.766 bits per heavy atom. The summed E-state index contributed by atoms with van der Waals surface area (Å²) in [5.74, 6) is -6.77. The lowest BCUT2D eigenvalue weighted by atomic mass is 10.0. The summed E-state index contributed by atoms with van der Waals surface area (Å²) in [5.41, 5.74) is -6.15. The topological polar surface area (TPSA) is 327 Å². The molecule has 0 atom stereocenters. The number of nitrogens with two attached hydrogens (primary N) is 1. The standard InChI is InChI=1S/C22H13ClF5N5O3.C22H11ClF5N5O2.C20H11ClF5N5O2.C4H6O3/c1-10(34)30-31-21(35)17-18(16-12(23)5-4-7-14(16)25)32-36-19(17)11-9-29-33(20(11)22(26,27)28)15-8-3-2-6-13(15)24;1-10-30-31-21(34-10)17-18(16-12(23)5-4-7-14(16)25)32-35-19(17)11-9-29-33(20(11)22(26,27)28)15-8-3-2-6-13(15)24;21-10-4-3-6-12(23)14(10)16-15(19(32)29-27)17(33-30-16)9-8-28-31(18(9)20(24,25)26)13-7-2-1-5-11(13)22;1-3(5)7-4(2)6/h2-9H,1H3,(H,30,34)(H,31,35);2-9H,1H3;1-8H,27H2,(H,29,32);1-2H3. The zero-order valence-corrected chi connectivity index (χ0v) is 58.0. The van der Waals surface area contributed by atoms with Gasteiger partial charge in [0.05, 0.1) is 67.0 Å². The Balaban J connectivity index is 0.000000169. The fraction of sp³-hybridized carbons (Fsp3) is 0.103. The highest BCUT2D eigenvalue weighted by molar-refractivity contribution is 6.34. The van der Waals surface area contributed by atoms with Crippen LogP contribution in [-0.4, -0.2) is 84.7 Å². The van der Waals surface area contributed by atoms with Crippen LogP contribution in [0.3, 0.4) is 0 Å². The highest BCUT2D eigenvalue weighted by Crippen LogP contribution is 2.49. The number of carbonyl (C=O) groups excluding carboxylic acids is 5. The van der Waals surface area contributed by atoms with E-state index in [1.807, 2.05) is 10.9 Å². The van der Waals surface area contributed by atoms with Crippen molar-refractivity contribution in [2.45, 2.75) is 46.2 Å². The van der Waals surface area contributed by atoms with Gasteiger partial charge in [-0.2, -0.15) is 54.8 Å². The van der Waals surface area contributed by atoms with E-state index in [1.165, 1.54) is 93.6 Å². The summed E-state index contributed by atoms with van der Waals surface area (Å²) in [7, 11) is 0. The zero-order valence-electron chi connectivity index (χ0n) is 55.7. The Kier molecular flexibility index (Phi) is 23.9. The first-order chi connectivity index (χ1) is 52.4. The SMILES string of the molecule is CC(=O)NNC(=O)c1c(-c2c(F)cccc2Cl)noc1-c1cnn(-c2ccccc2F)c1C(F)(F)F.CC(=O)OC(C)=O.Cc1nnc(-c2c(-c3c(F)cccc3Cl)noc2-c2cnn(-c3ccccc3F)c2C(F)(F)F)o1.NNC(=O)c1c(-c2c(F)cccc2Cl)noc1-c1cnn(-c2ccccc2F)c1C(F)(F)F. The number of halogens is 18. The van der Waals surface area contributed by atoms with Gasteiger partial charge in [-0.3, -0.25) is 40.3 Å². The Morgan fingerprint density at radius 1 is 0.432 bits per heavy atom. The van der Waals surface area contributed by atoms with Crippen molar-refractivity contribution in [3.8, 4) is 96.3 Å². The van der Waals surface area contributed by atoms with Crippen molar-refractivity contribution in [2.24, 2.45) is 5.84 Å². The molecule has 3 amide bonds. The average Bonchev–Trinajstić information content (AvgIpc) is 1.60. The molecule has 111 heavy (non-hydrogen) atoms. The van der Waals surface area contributed by atoms with Gasteiger partial charge in [0.25, 0.3) is 17.7 Å². The summed E-state index contributed by atoms with van der Waals surface area (Å²) < 4.78 is 240. The normalized spacial score (nSPS) is 11.4. The van der Waals surface area contributed by atoms with Gasteiger partial charge in [0.15, 0.2) is 34.4 Å². The number of hydrogen-bond donors (Lipinski definition) is 4. The van der Waals surface area contributed by atoms with Crippen LogP contribution in [0.4, 0.5) is 65.9 Å². The van der Waals surface area contributed by atoms with E-state index in [4.69, 9.17) is 58.6 Å². The van der Waals surface area contributed by atoms with E-state index in [9.17, 15) is 89.8 Å². The van der Waals surface area contributed by atoms with E-state index >= 15 is 0 Å². The largest absolute Gasteiger partial charge is 0.434 e. The van der Waals surface area contributed by atoms with Crippen LogP contribution in [0.25, 0.3) is 96.3 Å². The van der Waals surface area contributed by atoms with Crippen LogP contribution in [0.2, 0.25) is 15.1 Å². The number of esters is 2. The van der Waals surface area contributed by atoms with Gasteiger partial charge in [-0.25, -0.2) is 46.2 Å². The molecule has 0 saturated heterocycles. The first-order valence-electron chi connectivity index (χ1n) is 30.6. The van der Waals surface area contributed by atoms with E-state index < -0.39 is 179 Å². The Morgan fingerprint density at radius 3 is 1.08 bits per heavy atom. The second kappa shape index (κ2) is 32.9. The molecule has 0 bridgehead atoms. The van der Waals surface area contributed by atoms with Crippen LogP contribution in [0.5, 0.6) is 0 Å². The summed E-state index contributed by atoms with van der Waals surface area (Å²) >= 11 is 18.3. The molecule has 25 nitrogen and oxygen atoms in total. The number of nitrogen functional groups attached to an aromatic ring is 1. The molecule has 0 aliphatic heterocycles. The average molecular weight is 1620 g/mol. The second-order valence-electron chi connectivity index (χ2n) is 22.1. The van der Waals surface area contributed by atoms with Crippen molar-refractivity contribution in [2.75, 3.05) is 0 Å². The molecule has 574 valence electrons. The first kappa shape index (κ1) is 80.6. The summed E-state index contributed by atoms with van der Waals surface area (Å²) in [5, 5.41) is 29.1. The second-order valence-corrected chi connectivity index (χ2v) is 23.3. The molecule has 0 unspecified atom stereocenters. The monoisotopic (exact) mass is 1620 g/mol. The molecule has 13 rings (SSSR count). The Hall–Kier alpha value is -13.0. The van der Waals surface area contributed by atoms with Crippen LogP contribution in [-0.2, 0) is 37.6 Å². The molecule has 0 spiro atoms. The molecule has 7 aromatic heterocycles. The smallest absolute Gasteiger partial charge is 0.421 e. The maximum Gasteiger partial charge on any atom is 0.434 e.